The van der Waals surface area contributed by atoms with Gasteiger partial charge in [-0.2, -0.15) is 0 Å². The summed E-state index contributed by atoms with van der Waals surface area (Å²) in [4.78, 5) is 12.6. The molecule has 0 aromatic heterocycles. The van der Waals surface area contributed by atoms with Crippen molar-refractivity contribution < 1.29 is 9.53 Å². The maximum Gasteiger partial charge on any atom is 0.326 e. The van der Waals surface area contributed by atoms with E-state index in [-0.39, 0.29) is 5.97 Å². The van der Waals surface area contributed by atoms with E-state index in [0.29, 0.717) is 12.6 Å². The van der Waals surface area contributed by atoms with Crippen molar-refractivity contribution in [1.29, 1.82) is 0 Å². The van der Waals surface area contributed by atoms with Crippen LogP contribution in [0.1, 0.15) is 78.1 Å². The van der Waals surface area contributed by atoms with Crippen LogP contribution in [0.3, 0.4) is 0 Å². The Hall–Kier alpha value is -0.570. The molecule has 2 saturated carbocycles. The molecule has 2 fully saturated rings. The van der Waals surface area contributed by atoms with Crippen LogP contribution in [0.25, 0.3) is 0 Å². The first kappa shape index (κ1) is 15.8. The minimum Gasteiger partial charge on any atom is -0.465 e. The minimum absolute atomic E-state index is 0.000302. The Kier molecular flexibility index (Phi) is 5.88. The molecular formula is C17H31NO2. The van der Waals surface area contributed by atoms with Crippen LogP contribution in [-0.2, 0) is 9.53 Å². The highest BCUT2D eigenvalue weighted by Gasteiger charge is 2.42. The van der Waals surface area contributed by atoms with Gasteiger partial charge >= 0.3 is 5.97 Å². The number of carbonyl (C=O) groups excluding carboxylic acids is 1. The van der Waals surface area contributed by atoms with Crippen LogP contribution in [-0.4, -0.2) is 24.2 Å². The van der Waals surface area contributed by atoms with E-state index in [1.54, 1.807) is 0 Å². The van der Waals surface area contributed by atoms with Gasteiger partial charge in [-0.25, -0.2) is 0 Å². The third-order valence-electron chi connectivity index (χ3n) is 5.12. The van der Waals surface area contributed by atoms with E-state index < -0.39 is 5.54 Å². The molecule has 0 saturated heterocycles. The lowest BCUT2D eigenvalue weighted by Crippen LogP contribution is -2.56. The summed E-state index contributed by atoms with van der Waals surface area (Å²) in [6.45, 7) is 4.70. The van der Waals surface area contributed by atoms with Crippen molar-refractivity contribution in [1.82, 2.24) is 5.32 Å². The smallest absolute Gasteiger partial charge is 0.326 e. The number of carbonyl (C=O) groups is 1. The lowest BCUT2D eigenvalue weighted by atomic mass is 9.86. The SMILES string of the molecule is CCOC(=O)C1(NC2CCCCC2)CCCC(C)CC1. The summed E-state index contributed by atoms with van der Waals surface area (Å²) in [6, 6.07) is 0.515. The molecule has 1 N–H and O–H groups in total. The van der Waals surface area contributed by atoms with Crippen molar-refractivity contribution in [3.05, 3.63) is 0 Å². The third kappa shape index (κ3) is 3.97. The van der Waals surface area contributed by atoms with Gasteiger partial charge in [-0.1, -0.05) is 39.0 Å². The molecule has 0 heterocycles. The zero-order valence-corrected chi connectivity index (χ0v) is 13.2. The Morgan fingerprint density at radius 2 is 1.85 bits per heavy atom. The Bertz CT molecular complexity index is 312. The monoisotopic (exact) mass is 281 g/mol. The fraction of sp³-hybridized carbons (Fsp3) is 0.941. The quantitative estimate of drug-likeness (QED) is 0.629. The number of hydrogen-bond acceptors (Lipinski definition) is 3. The molecule has 0 spiro atoms. The second kappa shape index (κ2) is 7.44. The van der Waals surface area contributed by atoms with Gasteiger partial charge in [-0.05, 0) is 44.9 Å². The molecule has 2 aliphatic rings. The van der Waals surface area contributed by atoms with Crippen LogP contribution < -0.4 is 5.32 Å². The van der Waals surface area contributed by atoms with Crippen LogP contribution in [0.5, 0.6) is 0 Å². The summed E-state index contributed by atoms with van der Waals surface area (Å²) in [5, 5.41) is 3.74. The first-order valence-corrected chi connectivity index (χ1v) is 8.61. The van der Waals surface area contributed by atoms with E-state index in [9.17, 15) is 4.79 Å². The summed E-state index contributed by atoms with van der Waals surface area (Å²) < 4.78 is 5.42. The maximum absolute atomic E-state index is 12.6. The molecule has 0 radical (unpaired) electrons. The van der Waals surface area contributed by atoms with Crippen LogP contribution in [0.4, 0.5) is 0 Å². The van der Waals surface area contributed by atoms with Crippen LogP contribution in [0.2, 0.25) is 0 Å². The van der Waals surface area contributed by atoms with Gasteiger partial charge in [0.15, 0.2) is 0 Å². The second-order valence-electron chi connectivity index (χ2n) is 6.82. The van der Waals surface area contributed by atoms with E-state index in [2.05, 4.69) is 12.2 Å². The molecule has 20 heavy (non-hydrogen) atoms. The van der Waals surface area contributed by atoms with Gasteiger partial charge in [0.05, 0.1) is 6.61 Å². The van der Waals surface area contributed by atoms with Crippen LogP contribution >= 0.6 is 0 Å². The molecule has 2 rings (SSSR count). The van der Waals surface area contributed by atoms with Crippen molar-refractivity contribution in [3.8, 4) is 0 Å². The summed E-state index contributed by atoms with van der Waals surface area (Å²) in [5.41, 5.74) is -0.400. The zero-order chi connectivity index (χ0) is 14.4. The molecule has 0 bridgehead atoms. The van der Waals surface area contributed by atoms with Crippen molar-refractivity contribution in [3.63, 3.8) is 0 Å². The Morgan fingerprint density at radius 3 is 2.55 bits per heavy atom. The fourth-order valence-corrected chi connectivity index (χ4v) is 3.83. The molecule has 2 aliphatic carbocycles. The van der Waals surface area contributed by atoms with Crippen molar-refractivity contribution in [2.24, 2.45) is 5.92 Å². The summed E-state index contributed by atoms with van der Waals surface area (Å²) in [5.74, 6) is 0.735. The van der Waals surface area contributed by atoms with Crippen molar-refractivity contribution in [2.75, 3.05) is 6.61 Å². The molecular weight excluding hydrogens is 250 g/mol. The van der Waals surface area contributed by atoms with E-state index >= 15 is 0 Å². The lowest BCUT2D eigenvalue weighted by Gasteiger charge is -2.37. The second-order valence-corrected chi connectivity index (χ2v) is 6.82. The number of ether oxygens (including phenoxy) is 1. The average Bonchev–Trinajstić information content (AvgIpc) is 2.64. The minimum atomic E-state index is -0.400. The highest BCUT2D eigenvalue weighted by Crippen LogP contribution is 2.33. The number of hydrogen-bond donors (Lipinski definition) is 1. The fourth-order valence-electron chi connectivity index (χ4n) is 3.83. The molecule has 0 aromatic carbocycles. The predicted molar refractivity (Wildman–Crippen MR) is 81.6 cm³/mol. The molecule has 116 valence electrons. The van der Waals surface area contributed by atoms with Gasteiger partial charge in [0.1, 0.15) is 5.54 Å². The highest BCUT2D eigenvalue weighted by molar-refractivity contribution is 5.81. The van der Waals surface area contributed by atoms with Crippen LogP contribution in [0, 0.1) is 5.92 Å². The third-order valence-corrected chi connectivity index (χ3v) is 5.12. The lowest BCUT2D eigenvalue weighted by molar-refractivity contribution is -0.152. The predicted octanol–water partition coefficient (Wildman–Crippen LogP) is 3.81. The molecule has 0 aliphatic heterocycles. The molecule has 0 amide bonds. The van der Waals surface area contributed by atoms with E-state index in [4.69, 9.17) is 4.74 Å². The zero-order valence-electron chi connectivity index (χ0n) is 13.2. The van der Waals surface area contributed by atoms with Crippen LogP contribution in [0.15, 0.2) is 0 Å². The van der Waals surface area contributed by atoms with Gasteiger partial charge in [-0.15, -0.1) is 0 Å². The topological polar surface area (TPSA) is 38.3 Å². The van der Waals surface area contributed by atoms with Crippen molar-refractivity contribution in [2.45, 2.75) is 89.6 Å². The van der Waals surface area contributed by atoms with Gasteiger partial charge in [0, 0.05) is 6.04 Å². The molecule has 0 aromatic rings. The van der Waals surface area contributed by atoms with E-state index in [1.165, 1.54) is 38.5 Å². The number of nitrogens with one attached hydrogen (secondary N) is 1. The molecule has 3 heteroatoms. The summed E-state index contributed by atoms with van der Waals surface area (Å²) in [7, 11) is 0. The Labute approximate surface area is 123 Å². The molecule has 2 atom stereocenters. The van der Waals surface area contributed by atoms with Gasteiger partial charge in [-0.3, -0.25) is 10.1 Å². The molecule has 3 nitrogen and oxygen atoms in total. The summed E-state index contributed by atoms with van der Waals surface area (Å²) >= 11 is 0. The van der Waals surface area contributed by atoms with Gasteiger partial charge < -0.3 is 4.74 Å². The Balaban J connectivity index is 2.07. The van der Waals surface area contributed by atoms with Gasteiger partial charge in [0.2, 0.25) is 0 Å². The van der Waals surface area contributed by atoms with E-state index in [0.717, 1.165) is 31.6 Å². The normalized spacial score (nSPS) is 32.6. The molecule has 2 unspecified atom stereocenters. The first-order chi connectivity index (χ1) is 9.66. The largest absolute Gasteiger partial charge is 0.465 e. The average molecular weight is 281 g/mol. The number of esters is 1. The number of rotatable bonds is 4. The maximum atomic E-state index is 12.6. The van der Waals surface area contributed by atoms with E-state index in [1.807, 2.05) is 6.92 Å². The standard InChI is InChI=1S/C17H31NO2/c1-3-20-16(19)17(12-7-8-14(2)11-13-17)18-15-9-5-4-6-10-15/h14-15,18H,3-13H2,1-2H3. The summed E-state index contributed by atoms with van der Waals surface area (Å²) in [6.07, 6.45) is 11.8. The highest BCUT2D eigenvalue weighted by atomic mass is 16.5. The first-order valence-electron chi connectivity index (χ1n) is 8.61. The van der Waals surface area contributed by atoms with Gasteiger partial charge in [0.25, 0.3) is 0 Å². The Morgan fingerprint density at radius 1 is 1.10 bits per heavy atom. The van der Waals surface area contributed by atoms with Crippen molar-refractivity contribution >= 4 is 5.97 Å².